The monoisotopic (exact) mass is 681 g/mol. The van der Waals surface area contributed by atoms with Gasteiger partial charge in [-0.05, 0) is 84.2 Å². The number of ether oxygens (including phenoxy) is 1. The van der Waals surface area contributed by atoms with Crippen LogP contribution in [0.4, 0.5) is 5.69 Å². The van der Waals surface area contributed by atoms with Gasteiger partial charge >= 0.3 is 5.97 Å². The van der Waals surface area contributed by atoms with Gasteiger partial charge in [-0.3, -0.25) is 14.9 Å². The van der Waals surface area contributed by atoms with Crippen LogP contribution in [0.2, 0.25) is 0 Å². The van der Waals surface area contributed by atoms with E-state index in [1.807, 2.05) is 43.5 Å². The van der Waals surface area contributed by atoms with E-state index in [4.69, 9.17) is 4.74 Å². The Hall–Kier alpha value is -3.74. The van der Waals surface area contributed by atoms with Crippen molar-refractivity contribution in [1.82, 2.24) is 9.62 Å². The second kappa shape index (κ2) is 16.9. The molecule has 0 aromatic heterocycles. The smallest absolute Gasteiger partial charge is 0.328 e. The van der Waals surface area contributed by atoms with Crippen molar-refractivity contribution >= 4 is 39.3 Å². The fourth-order valence-corrected chi connectivity index (χ4v) is 7.94. The van der Waals surface area contributed by atoms with Gasteiger partial charge in [-0.15, -0.1) is 0 Å². The fraction of sp³-hybridized carbons (Fsp3) is 0.429. The molecule has 1 amide bonds. The van der Waals surface area contributed by atoms with E-state index in [1.165, 1.54) is 42.1 Å². The number of hydrogen-bond donors (Lipinski definition) is 1. The zero-order valence-corrected chi connectivity index (χ0v) is 28.8. The van der Waals surface area contributed by atoms with E-state index in [2.05, 4.69) is 5.32 Å². The van der Waals surface area contributed by atoms with Gasteiger partial charge in [0.25, 0.3) is 11.6 Å². The van der Waals surface area contributed by atoms with Crippen molar-refractivity contribution < 1.29 is 27.7 Å². The number of nitrogens with one attached hydrogen (secondary N) is 1. The number of methoxy groups -OCH3 is 1. The fourth-order valence-electron chi connectivity index (χ4n) is 6.03. The maximum atomic E-state index is 14.0. The molecule has 0 heterocycles. The van der Waals surface area contributed by atoms with Crippen molar-refractivity contribution in [1.29, 1.82) is 0 Å². The molecule has 3 aromatic rings. The van der Waals surface area contributed by atoms with E-state index in [9.17, 15) is 28.1 Å². The summed E-state index contributed by atoms with van der Waals surface area (Å²) in [6, 6.07) is 17.0. The number of nitro groups is 1. The summed E-state index contributed by atoms with van der Waals surface area (Å²) in [5, 5.41) is 14.1. The van der Waals surface area contributed by atoms with Gasteiger partial charge in [0, 0.05) is 30.8 Å². The van der Waals surface area contributed by atoms with Gasteiger partial charge in [0.1, 0.15) is 6.04 Å². The molecule has 3 aromatic carbocycles. The normalized spacial score (nSPS) is 14.5. The van der Waals surface area contributed by atoms with Gasteiger partial charge in [0.2, 0.25) is 10.0 Å². The number of aryl methyl sites for hydroxylation is 1. The minimum atomic E-state index is -4.01. The summed E-state index contributed by atoms with van der Waals surface area (Å²) >= 11 is 1.56. The Balaban J connectivity index is 1.71. The molecule has 0 bridgehead atoms. The lowest BCUT2D eigenvalue weighted by Crippen LogP contribution is -2.42. The van der Waals surface area contributed by atoms with Crippen molar-refractivity contribution in [2.45, 2.75) is 69.4 Å². The van der Waals surface area contributed by atoms with Crippen molar-refractivity contribution in [3.05, 3.63) is 93.5 Å². The number of non-ortho nitro benzene ring substituents is 1. The lowest BCUT2D eigenvalue weighted by Gasteiger charge is -2.27. The predicted molar refractivity (Wildman–Crippen MR) is 185 cm³/mol. The molecule has 1 unspecified atom stereocenters. The van der Waals surface area contributed by atoms with Gasteiger partial charge in [0.15, 0.2) is 0 Å². The maximum absolute atomic E-state index is 14.0. The Bertz CT molecular complexity index is 1660. The molecule has 47 heavy (non-hydrogen) atoms. The quantitative estimate of drug-likeness (QED) is 0.106. The average molecular weight is 682 g/mol. The summed E-state index contributed by atoms with van der Waals surface area (Å²) in [4.78, 5) is 36.8. The molecule has 252 valence electrons. The summed E-state index contributed by atoms with van der Waals surface area (Å²) in [7, 11) is -2.72. The third-order valence-electron chi connectivity index (χ3n) is 8.72. The van der Waals surface area contributed by atoms with Crippen LogP contribution >= 0.6 is 11.8 Å². The number of esters is 1. The summed E-state index contributed by atoms with van der Waals surface area (Å²) in [6.45, 7) is 2.28. The molecule has 4 rings (SSSR count). The Labute approximate surface area is 281 Å². The predicted octanol–water partition coefficient (Wildman–Crippen LogP) is 6.76. The standard InChI is InChI=1S/C35H43N3O7S2/c1-25-9-7-8-12-30(25)32-23-27(13-18-31(32)34(39)36-33(20-22-46-3)35(40)45-2)24-37(21-19-26-10-5-4-6-11-26)47(43,44)29-16-14-28(15-17-29)38(41)42/h7-9,12-18,23,26,33H,4-6,10-11,19-22,24H2,1-3H3,(H,36,39). The van der Waals surface area contributed by atoms with Crippen LogP contribution < -0.4 is 5.32 Å². The van der Waals surface area contributed by atoms with Crippen LogP contribution in [-0.4, -0.2) is 61.2 Å². The second-order valence-electron chi connectivity index (χ2n) is 11.9. The minimum absolute atomic E-state index is 0.0130. The molecular formula is C35H43N3O7S2. The zero-order valence-electron chi connectivity index (χ0n) is 27.1. The number of benzene rings is 3. The largest absolute Gasteiger partial charge is 0.467 e. The average Bonchev–Trinajstić information content (AvgIpc) is 3.08. The summed E-state index contributed by atoms with van der Waals surface area (Å²) < 4.78 is 34.4. The number of nitrogens with zero attached hydrogens (tertiary/aromatic N) is 2. The van der Waals surface area contributed by atoms with Crippen LogP contribution in [0.15, 0.2) is 71.6 Å². The van der Waals surface area contributed by atoms with Gasteiger partial charge in [0.05, 0.1) is 16.9 Å². The van der Waals surface area contributed by atoms with Crippen LogP contribution in [-0.2, 0) is 26.1 Å². The van der Waals surface area contributed by atoms with Crippen molar-refractivity contribution in [2.75, 3.05) is 25.7 Å². The lowest BCUT2D eigenvalue weighted by atomic mass is 9.87. The summed E-state index contributed by atoms with van der Waals surface area (Å²) in [6.07, 6.45) is 8.64. The lowest BCUT2D eigenvalue weighted by molar-refractivity contribution is -0.384. The van der Waals surface area contributed by atoms with Crippen molar-refractivity contribution in [2.24, 2.45) is 5.92 Å². The Morgan fingerprint density at radius 1 is 1.04 bits per heavy atom. The molecule has 0 aliphatic heterocycles. The highest BCUT2D eigenvalue weighted by molar-refractivity contribution is 7.98. The molecule has 1 atom stereocenters. The Kier molecular flexibility index (Phi) is 13.0. The van der Waals surface area contributed by atoms with E-state index in [1.54, 1.807) is 23.9 Å². The molecule has 0 saturated heterocycles. The van der Waals surface area contributed by atoms with E-state index in [0.29, 0.717) is 47.7 Å². The first-order valence-corrected chi connectivity index (χ1v) is 18.7. The van der Waals surface area contributed by atoms with E-state index >= 15 is 0 Å². The molecule has 1 fully saturated rings. The molecule has 12 heteroatoms. The highest BCUT2D eigenvalue weighted by atomic mass is 32.2. The molecule has 0 spiro atoms. The number of sulfonamides is 1. The highest BCUT2D eigenvalue weighted by Crippen LogP contribution is 2.31. The molecule has 1 aliphatic carbocycles. The number of nitro benzene ring substituents is 1. The third kappa shape index (κ3) is 9.42. The number of hydrogen-bond acceptors (Lipinski definition) is 8. The third-order valence-corrected chi connectivity index (χ3v) is 11.2. The molecule has 1 saturated carbocycles. The van der Waals surface area contributed by atoms with Gasteiger partial charge in [-0.25, -0.2) is 13.2 Å². The van der Waals surface area contributed by atoms with Gasteiger partial charge < -0.3 is 10.1 Å². The van der Waals surface area contributed by atoms with E-state index in [-0.39, 0.29) is 17.1 Å². The summed E-state index contributed by atoms with van der Waals surface area (Å²) in [5.74, 6) is 0.134. The second-order valence-corrected chi connectivity index (χ2v) is 14.8. The molecule has 1 N–H and O–H groups in total. The Morgan fingerprint density at radius 3 is 2.38 bits per heavy atom. The molecule has 1 aliphatic rings. The number of rotatable bonds is 15. The maximum Gasteiger partial charge on any atom is 0.328 e. The van der Waals surface area contributed by atoms with Crippen LogP contribution in [0, 0.1) is 23.0 Å². The summed E-state index contributed by atoms with van der Waals surface area (Å²) in [5.41, 5.74) is 3.21. The van der Waals surface area contributed by atoms with Crippen LogP contribution in [0.3, 0.4) is 0 Å². The number of carbonyl (C=O) groups is 2. The first-order valence-electron chi connectivity index (χ1n) is 15.9. The molecule has 0 radical (unpaired) electrons. The van der Waals surface area contributed by atoms with E-state index in [0.717, 1.165) is 36.8 Å². The van der Waals surface area contributed by atoms with Gasteiger partial charge in [-0.2, -0.15) is 16.1 Å². The van der Waals surface area contributed by atoms with Crippen molar-refractivity contribution in [3.8, 4) is 11.1 Å². The minimum Gasteiger partial charge on any atom is -0.467 e. The number of carbonyl (C=O) groups excluding carboxylic acids is 2. The number of thioether (sulfide) groups is 1. The van der Waals surface area contributed by atoms with Crippen molar-refractivity contribution in [3.63, 3.8) is 0 Å². The SMILES string of the molecule is COC(=O)C(CCSC)NC(=O)c1ccc(CN(CCC2CCCCC2)S(=O)(=O)c2ccc([N+](=O)[O-])cc2)cc1-c1ccccc1C. The van der Waals surface area contributed by atoms with E-state index < -0.39 is 32.9 Å². The molecule has 10 nitrogen and oxygen atoms in total. The number of amides is 1. The Morgan fingerprint density at radius 2 is 1.74 bits per heavy atom. The van der Waals surface area contributed by atoms with Crippen LogP contribution in [0.5, 0.6) is 0 Å². The first kappa shape index (κ1) is 36.1. The first-order chi connectivity index (χ1) is 22.5. The van der Waals surface area contributed by atoms with Gasteiger partial charge in [-0.1, -0.05) is 62.4 Å². The molecular weight excluding hydrogens is 639 g/mol. The van der Waals surface area contributed by atoms with Crippen LogP contribution in [0.25, 0.3) is 11.1 Å². The highest BCUT2D eigenvalue weighted by Gasteiger charge is 2.28. The topological polar surface area (TPSA) is 136 Å². The van der Waals surface area contributed by atoms with Crippen LogP contribution in [0.1, 0.15) is 66.4 Å². The zero-order chi connectivity index (χ0) is 34.0.